The molecule has 0 spiro atoms. The van der Waals surface area contributed by atoms with E-state index in [1.165, 1.54) is 11.8 Å². The van der Waals surface area contributed by atoms with Gasteiger partial charge >= 0.3 is 0 Å². The molecule has 0 aliphatic carbocycles. The first-order chi connectivity index (χ1) is 13.5. The first kappa shape index (κ1) is 18.7. The van der Waals surface area contributed by atoms with Gasteiger partial charge in [0.2, 0.25) is 5.91 Å². The van der Waals surface area contributed by atoms with Crippen molar-refractivity contribution in [1.82, 2.24) is 19.6 Å². The van der Waals surface area contributed by atoms with Gasteiger partial charge in [-0.05, 0) is 30.3 Å². The third kappa shape index (κ3) is 3.68. The summed E-state index contributed by atoms with van der Waals surface area (Å²) in [6.07, 6.45) is 0. The van der Waals surface area contributed by atoms with E-state index in [-0.39, 0.29) is 17.6 Å². The quantitative estimate of drug-likeness (QED) is 0.478. The summed E-state index contributed by atoms with van der Waals surface area (Å²) in [5, 5.41) is 12.8. The first-order valence-electron chi connectivity index (χ1n) is 8.85. The summed E-state index contributed by atoms with van der Waals surface area (Å²) >= 11 is 7.31. The number of halogens is 1. The minimum atomic E-state index is -0.135. The number of benzene rings is 2. The third-order valence-corrected chi connectivity index (χ3v) is 5.38. The van der Waals surface area contributed by atoms with Crippen LogP contribution in [0.2, 0.25) is 5.02 Å². The molecule has 0 unspecified atom stereocenters. The smallest absolute Gasteiger partial charge is 0.234 e. The Hall–Kier alpha value is -2.64. The van der Waals surface area contributed by atoms with E-state index in [4.69, 9.17) is 16.6 Å². The number of rotatable bonds is 5. The van der Waals surface area contributed by atoms with E-state index in [2.05, 4.69) is 29.4 Å². The number of carbonyl (C=O) groups excluding carboxylic acids is 1. The average molecular weight is 412 g/mol. The molecular formula is C20H18ClN5OS. The number of carbonyl (C=O) groups is 1. The van der Waals surface area contributed by atoms with Gasteiger partial charge in [0.1, 0.15) is 10.9 Å². The van der Waals surface area contributed by atoms with Gasteiger partial charge in [-0.1, -0.05) is 55.4 Å². The number of nitrogens with one attached hydrogen (secondary N) is 1. The van der Waals surface area contributed by atoms with Crippen LogP contribution in [0.5, 0.6) is 0 Å². The molecule has 2 aromatic carbocycles. The van der Waals surface area contributed by atoms with Crippen LogP contribution in [0.4, 0.5) is 5.69 Å². The van der Waals surface area contributed by atoms with Crippen LogP contribution >= 0.6 is 23.4 Å². The van der Waals surface area contributed by atoms with Crippen molar-refractivity contribution in [2.45, 2.75) is 24.8 Å². The topological polar surface area (TPSA) is 72.2 Å². The molecule has 0 aliphatic rings. The van der Waals surface area contributed by atoms with Gasteiger partial charge in [0, 0.05) is 16.6 Å². The van der Waals surface area contributed by atoms with E-state index in [0.29, 0.717) is 21.4 Å². The normalized spacial score (nSPS) is 11.4. The zero-order valence-electron chi connectivity index (χ0n) is 15.4. The van der Waals surface area contributed by atoms with Gasteiger partial charge < -0.3 is 5.32 Å². The summed E-state index contributed by atoms with van der Waals surface area (Å²) in [7, 11) is 0. The maximum atomic E-state index is 12.4. The van der Waals surface area contributed by atoms with Crippen molar-refractivity contribution in [3.05, 3.63) is 59.4 Å². The van der Waals surface area contributed by atoms with Crippen molar-refractivity contribution >= 4 is 51.6 Å². The molecule has 0 fully saturated rings. The number of hydrogen-bond acceptors (Lipinski definition) is 5. The predicted molar refractivity (Wildman–Crippen MR) is 113 cm³/mol. The van der Waals surface area contributed by atoms with Crippen LogP contribution in [0.25, 0.3) is 16.7 Å². The molecule has 1 amide bonds. The highest BCUT2D eigenvalue weighted by atomic mass is 35.5. The minimum Gasteiger partial charge on any atom is -0.325 e. The predicted octanol–water partition coefficient (Wildman–Crippen LogP) is 4.79. The van der Waals surface area contributed by atoms with Crippen LogP contribution in [0.3, 0.4) is 0 Å². The number of para-hydroxylation sites is 2. The Kier molecular flexibility index (Phi) is 5.19. The lowest BCUT2D eigenvalue weighted by atomic mass is 10.2. The Morgan fingerprint density at radius 3 is 2.79 bits per heavy atom. The number of fused-ring (bicyclic) bond motifs is 3. The second kappa shape index (κ2) is 7.77. The molecule has 2 aromatic heterocycles. The van der Waals surface area contributed by atoms with Gasteiger partial charge in [-0.15, -0.1) is 10.2 Å². The highest BCUT2D eigenvalue weighted by Crippen LogP contribution is 2.28. The van der Waals surface area contributed by atoms with E-state index >= 15 is 0 Å². The van der Waals surface area contributed by atoms with Crippen molar-refractivity contribution in [3.63, 3.8) is 0 Å². The van der Waals surface area contributed by atoms with Crippen LogP contribution in [0.1, 0.15) is 25.6 Å². The SMILES string of the molecule is CC(C)c1nnc2c(SCC(=O)Nc3cccc(Cl)c3)nc3ccccc3n12. The summed E-state index contributed by atoms with van der Waals surface area (Å²) in [6.45, 7) is 4.16. The summed E-state index contributed by atoms with van der Waals surface area (Å²) in [4.78, 5) is 17.1. The second-order valence-electron chi connectivity index (χ2n) is 6.62. The number of nitrogens with zero attached hydrogens (tertiary/aromatic N) is 4. The molecule has 0 bridgehead atoms. The highest BCUT2D eigenvalue weighted by Gasteiger charge is 2.18. The van der Waals surface area contributed by atoms with Gasteiger partial charge in [0.05, 0.1) is 16.8 Å². The molecule has 2 heterocycles. The van der Waals surface area contributed by atoms with Crippen LogP contribution in [0, 0.1) is 0 Å². The van der Waals surface area contributed by atoms with E-state index in [0.717, 1.165) is 16.9 Å². The van der Waals surface area contributed by atoms with Crippen LogP contribution < -0.4 is 5.32 Å². The molecule has 142 valence electrons. The lowest BCUT2D eigenvalue weighted by molar-refractivity contribution is -0.113. The fraction of sp³-hybridized carbons (Fsp3) is 0.200. The van der Waals surface area contributed by atoms with Crippen molar-refractivity contribution in [2.75, 3.05) is 11.1 Å². The van der Waals surface area contributed by atoms with E-state index in [1.807, 2.05) is 28.7 Å². The minimum absolute atomic E-state index is 0.135. The lowest BCUT2D eigenvalue weighted by Gasteiger charge is -2.10. The van der Waals surface area contributed by atoms with Crippen molar-refractivity contribution in [3.8, 4) is 0 Å². The number of amides is 1. The monoisotopic (exact) mass is 411 g/mol. The Morgan fingerprint density at radius 2 is 2.00 bits per heavy atom. The Morgan fingerprint density at radius 1 is 1.18 bits per heavy atom. The van der Waals surface area contributed by atoms with Gasteiger partial charge in [-0.2, -0.15) is 0 Å². The first-order valence-corrected chi connectivity index (χ1v) is 10.2. The summed E-state index contributed by atoms with van der Waals surface area (Å²) in [5.74, 6) is 1.16. The Balaban J connectivity index is 1.64. The van der Waals surface area contributed by atoms with Gasteiger partial charge in [0.25, 0.3) is 0 Å². The summed E-state index contributed by atoms with van der Waals surface area (Å²) in [5.41, 5.74) is 3.13. The fourth-order valence-electron chi connectivity index (χ4n) is 2.95. The third-order valence-electron chi connectivity index (χ3n) is 4.19. The van der Waals surface area contributed by atoms with Crippen molar-refractivity contribution in [1.29, 1.82) is 0 Å². The maximum Gasteiger partial charge on any atom is 0.234 e. The van der Waals surface area contributed by atoms with Crippen molar-refractivity contribution < 1.29 is 4.79 Å². The molecule has 28 heavy (non-hydrogen) atoms. The van der Waals surface area contributed by atoms with Crippen molar-refractivity contribution in [2.24, 2.45) is 0 Å². The molecule has 0 radical (unpaired) electrons. The molecule has 0 atom stereocenters. The molecular weight excluding hydrogens is 394 g/mol. The van der Waals surface area contributed by atoms with Crippen LogP contribution in [-0.4, -0.2) is 31.2 Å². The lowest BCUT2D eigenvalue weighted by Crippen LogP contribution is -2.14. The van der Waals surface area contributed by atoms with E-state index in [1.54, 1.807) is 24.3 Å². The number of anilines is 1. The molecule has 6 nitrogen and oxygen atoms in total. The van der Waals surface area contributed by atoms with Crippen LogP contribution in [0.15, 0.2) is 53.6 Å². The molecule has 1 N–H and O–H groups in total. The molecule has 4 aromatic rings. The zero-order valence-corrected chi connectivity index (χ0v) is 17.0. The van der Waals surface area contributed by atoms with E-state index < -0.39 is 0 Å². The average Bonchev–Trinajstić information content (AvgIpc) is 3.12. The van der Waals surface area contributed by atoms with Gasteiger partial charge in [-0.3, -0.25) is 9.20 Å². The highest BCUT2D eigenvalue weighted by molar-refractivity contribution is 8.00. The second-order valence-corrected chi connectivity index (χ2v) is 8.03. The number of thioether (sulfide) groups is 1. The maximum absolute atomic E-state index is 12.4. The van der Waals surface area contributed by atoms with Gasteiger partial charge in [-0.25, -0.2) is 4.98 Å². The molecule has 0 saturated heterocycles. The standard InChI is InChI=1S/C20H18ClN5OS/c1-12(2)18-24-25-19-20(23-15-8-3-4-9-16(15)26(18)19)28-11-17(27)22-14-7-5-6-13(21)10-14/h3-10,12H,11H2,1-2H3,(H,22,27). The number of hydrogen-bond donors (Lipinski definition) is 1. The van der Waals surface area contributed by atoms with Gasteiger partial charge in [0.15, 0.2) is 5.65 Å². The molecule has 0 aliphatic heterocycles. The van der Waals surface area contributed by atoms with Crippen LogP contribution in [-0.2, 0) is 4.79 Å². The summed E-state index contributed by atoms with van der Waals surface area (Å²) < 4.78 is 2.03. The molecule has 8 heteroatoms. The molecule has 4 rings (SSSR count). The number of aromatic nitrogens is 4. The molecule has 0 saturated carbocycles. The Bertz CT molecular complexity index is 1170. The Labute approximate surface area is 171 Å². The fourth-order valence-corrected chi connectivity index (χ4v) is 3.90. The zero-order chi connectivity index (χ0) is 19.7. The summed E-state index contributed by atoms with van der Waals surface area (Å²) in [6, 6.07) is 14.9. The largest absolute Gasteiger partial charge is 0.325 e. The van der Waals surface area contributed by atoms with E-state index in [9.17, 15) is 4.79 Å².